The highest BCUT2D eigenvalue weighted by Gasteiger charge is 2.34. The third-order valence-corrected chi connectivity index (χ3v) is 8.20. The molecule has 0 heterocycles. The van der Waals surface area contributed by atoms with E-state index in [1.165, 1.54) is 0 Å². The lowest BCUT2D eigenvalue weighted by Gasteiger charge is -2.34. The lowest BCUT2D eigenvalue weighted by atomic mass is 9.97. The van der Waals surface area contributed by atoms with Crippen LogP contribution in [-0.4, -0.2) is 74.2 Å². The van der Waals surface area contributed by atoms with Gasteiger partial charge in [0.15, 0.2) is 5.78 Å². The molecule has 0 aliphatic carbocycles. The number of Topliss-reactive ketones (excluding diaryl/α,β-unsaturated/α-hetero) is 4. The molecule has 0 fully saturated rings. The van der Waals surface area contributed by atoms with E-state index in [2.05, 4.69) is 5.32 Å². The monoisotopic (exact) mass is 681 g/mol. The molecule has 2 aromatic rings. The van der Waals surface area contributed by atoms with E-state index in [0.29, 0.717) is 17.5 Å². The number of rotatable bonds is 24. The van der Waals surface area contributed by atoms with Gasteiger partial charge in [-0.3, -0.25) is 24.0 Å². The molecule has 0 spiro atoms. The van der Waals surface area contributed by atoms with Gasteiger partial charge in [-0.25, -0.2) is 0 Å². The molecule has 2 rings (SSSR count). The number of ether oxygens (including phenoxy) is 3. The van der Waals surface area contributed by atoms with E-state index < -0.39 is 5.54 Å². The molecule has 2 aromatic carbocycles. The van der Waals surface area contributed by atoms with Crippen molar-refractivity contribution in [1.29, 1.82) is 0 Å². The highest BCUT2D eigenvalue weighted by atomic mass is 16.5. The Labute approximate surface area is 294 Å². The normalized spacial score (nSPS) is 11.8. The van der Waals surface area contributed by atoms with Gasteiger partial charge in [0.25, 0.3) is 5.91 Å². The van der Waals surface area contributed by atoms with E-state index in [4.69, 9.17) is 14.2 Å². The number of benzene rings is 2. The number of hydrogen-bond donors (Lipinski definition) is 1. The summed E-state index contributed by atoms with van der Waals surface area (Å²) in [4.78, 5) is 62.8. The van der Waals surface area contributed by atoms with Crippen LogP contribution >= 0.6 is 0 Å². The van der Waals surface area contributed by atoms with Crippen LogP contribution in [0.3, 0.4) is 0 Å². The Bertz CT molecular complexity index is 1300. The highest BCUT2D eigenvalue weighted by Crippen LogP contribution is 2.22. The molecule has 9 heteroatoms. The first-order valence-electron chi connectivity index (χ1n) is 17.5. The Kier molecular flexibility index (Phi) is 17.7. The average Bonchev–Trinajstić information content (AvgIpc) is 3.06. The zero-order valence-electron chi connectivity index (χ0n) is 30.8. The Balaban J connectivity index is 0.0000125. The Morgan fingerprint density at radius 3 is 1.24 bits per heavy atom. The second-order valence-electron chi connectivity index (χ2n) is 14.2. The average molecular weight is 682 g/mol. The van der Waals surface area contributed by atoms with Gasteiger partial charge >= 0.3 is 0 Å². The van der Waals surface area contributed by atoms with Gasteiger partial charge in [0.1, 0.15) is 22.9 Å². The first-order valence-corrected chi connectivity index (χ1v) is 17.5. The minimum absolute atomic E-state index is 0. The fraction of sp³-hybridized carbons (Fsp3) is 0.575. The largest absolute Gasteiger partial charge is 0.378 e. The minimum Gasteiger partial charge on any atom is -0.378 e. The van der Waals surface area contributed by atoms with Gasteiger partial charge < -0.3 is 19.5 Å². The minimum atomic E-state index is -1.17. The van der Waals surface area contributed by atoms with Crippen LogP contribution in [0.5, 0.6) is 0 Å². The summed E-state index contributed by atoms with van der Waals surface area (Å²) in [6.45, 7) is 15.5. The summed E-state index contributed by atoms with van der Waals surface area (Å²) in [5.41, 5.74) is 1.71. The second kappa shape index (κ2) is 20.9. The first-order chi connectivity index (χ1) is 23.1. The molecule has 0 saturated carbocycles. The summed E-state index contributed by atoms with van der Waals surface area (Å²) >= 11 is 0. The Morgan fingerprint density at radius 2 is 0.918 bits per heavy atom. The van der Waals surface area contributed by atoms with Crippen molar-refractivity contribution in [3.63, 3.8) is 0 Å². The molecule has 1 N–H and O–H groups in total. The second-order valence-corrected chi connectivity index (χ2v) is 14.2. The van der Waals surface area contributed by atoms with E-state index >= 15 is 0 Å². The Hall–Kier alpha value is -3.53. The number of amides is 1. The highest BCUT2D eigenvalue weighted by molar-refractivity contribution is 5.97. The van der Waals surface area contributed by atoms with Gasteiger partial charge in [0.2, 0.25) is 0 Å². The lowest BCUT2D eigenvalue weighted by molar-refractivity contribution is -0.123. The molecule has 0 bridgehead atoms. The van der Waals surface area contributed by atoms with E-state index in [-0.39, 0.29) is 113 Å². The maximum atomic E-state index is 13.7. The number of carbonyl (C=O) groups excluding carboxylic acids is 5. The third-order valence-electron chi connectivity index (χ3n) is 8.20. The van der Waals surface area contributed by atoms with Crippen molar-refractivity contribution in [2.45, 2.75) is 86.6 Å². The summed E-state index contributed by atoms with van der Waals surface area (Å²) in [5.74, 6) is -0.146. The zero-order valence-corrected chi connectivity index (χ0v) is 30.8. The summed E-state index contributed by atoms with van der Waals surface area (Å²) in [7, 11) is 0. The molecule has 0 aliphatic rings. The molecule has 0 saturated heterocycles. The van der Waals surface area contributed by atoms with E-state index in [0.717, 1.165) is 11.1 Å². The fourth-order valence-corrected chi connectivity index (χ4v) is 4.88. The molecular weight excluding hydrogens is 622 g/mol. The van der Waals surface area contributed by atoms with Crippen molar-refractivity contribution < 1.29 is 39.6 Å². The van der Waals surface area contributed by atoms with Gasteiger partial charge in [-0.05, 0) is 29.2 Å². The van der Waals surface area contributed by atoms with Crippen LogP contribution in [0.2, 0.25) is 0 Å². The molecule has 0 unspecified atom stereocenters. The molecule has 9 nitrogen and oxygen atoms in total. The van der Waals surface area contributed by atoms with Crippen LogP contribution < -0.4 is 5.32 Å². The molecule has 0 aliphatic heterocycles. The van der Waals surface area contributed by atoms with Crippen LogP contribution in [0.15, 0.2) is 48.5 Å². The van der Waals surface area contributed by atoms with Crippen LogP contribution in [-0.2, 0) is 28.6 Å². The molecule has 0 atom stereocenters. The summed E-state index contributed by atoms with van der Waals surface area (Å²) < 4.78 is 17.9. The van der Waals surface area contributed by atoms with E-state index in [1.54, 1.807) is 12.1 Å². The summed E-state index contributed by atoms with van der Waals surface area (Å²) in [5, 5.41) is 3.07. The SMILES string of the molecule is CC(C)CC(=O)c1ccc(-c2ccc(C(=O)NC(COCCC(=O)C(C)C)(COCCC(=O)C(C)C)COCCC(=O)C(C)C)cc2)cc1.[HH]. The van der Waals surface area contributed by atoms with Crippen molar-refractivity contribution in [1.82, 2.24) is 5.32 Å². The van der Waals surface area contributed by atoms with Crippen molar-refractivity contribution in [3.05, 3.63) is 59.7 Å². The Morgan fingerprint density at radius 1 is 0.571 bits per heavy atom. The van der Waals surface area contributed by atoms with Gasteiger partial charge in [-0.15, -0.1) is 0 Å². The molecule has 1 amide bonds. The van der Waals surface area contributed by atoms with Crippen molar-refractivity contribution in [2.75, 3.05) is 39.6 Å². The van der Waals surface area contributed by atoms with Crippen molar-refractivity contribution in [2.24, 2.45) is 23.7 Å². The number of ketones is 4. The van der Waals surface area contributed by atoms with Crippen molar-refractivity contribution >= 4 is 29.0 Å². The standard InChI is InChI=1S/C40H57NO8.H2/c1-27(2)23-38(45)33-13-9-31(10-14-33)32-11-15-34(16-12-32)39(46)41-40(24-47-20-17-35(42)28(3)4,25-48-21-18-36(43)29(5)6)26-49-22-19-37(44)30(7)8;/h9-16,27-30H,17-26H2,1-8H3,(H,41,46);1H. The van der Waals surface area contributed by atoms with Gasteiger partial charge in [-0.1, -0.05) is 91.8 Å². The topological polar surface area (TPSA) is 125 Å². The van der Waals surface area contributed by atoms with Crippen LogP contribution in [0.4, 0.5) is 0 Å². The number of carbonyl (C=O) groups is 5. The zero-order chi connectivity index (χ0) is 36.6. The van der Waals surface area contributed by atoms with Crippen LogP contribution in [0.1, 0.15) is 103 Å². The predicted molar refractivity (Wildman–Crippen MR) is 194 cm³/mol. The van der Waals surface area contributed by atoms with Crippen molar-refractivity contribution in [3.8, 4) is 11.1 Å². The molecule has 272 valence electrons. The maximum Gasteiger partial charge on any atom is 0.251 e. The summed E-state index contributed by atoms with van der Waals surface area (Å²) in [6, 6.07) is 14.6. The van der Waals surface area contributed by atoms with Crippen LogP contribution in [0, 0.1) is 23.7 Å². The van der Waals surface area contributed by atoms with Gasteiger partial charge in [-0.2, -0.15) is 0 Å². The third kappa shape index (κ3) is 14.9. The maximum absolute atomic E-state index is 13.7. The van der Waals surface area contributed by atoms with Crippen LogP contribution in [0.25, 0.3) is 11.1 Å². The van der Waals surface area contributed by atoms with E-state index in [1.807, 2.05) is 91.8 Å². The molecular formula is C40H59NO8. The quantitative estimate of drug-likeness (QED) is 0.0912. The van der Waals surface area contributed by atoms with Gasteiger partial charge in [0, 0.05) is 56.0 Å². The van der Waals surface area contributed by atoms with Gasteiger partial charge in [0.05, 0.1) is 39.6 Å². The van der Waals surface area contributed by atoms with E-state index in [9.17, 15) is 24.0 Å². The summed E-state index contributed by atoms with van der Waals surface area (Å²) in [6.07, 6.45) is 1.17. The molecule has 0 aromatic heterocycles. The number of nitrogens with one attached hydrogen (secondary N) is 1. The predicted octanol–water partition coefficient (Wildman–Crippen LogP) is 7.19. The number of hydrogen-bond acceptors (Lipinski definition) is 8. The smallest absolute Gasteiger partial charge is 0.251 e. The molecule has 49 heavy (non-hydrogen) atoms. The molecule has 0 radical (unpaired) electrons. The lowest BCUT2D eigenvalue weighted by Crippen LogP contribution is -2.58. The first kappa shape index (κ1) is 41.6. The fourth-order valence-electron chi connectivity index (χ4n) is 4.88.